The zero-order chi connectivity index (χ0) is 15.1. The first-order valence-corrected chi connectivity index (χ1v) is 6.95. The number of carbonyl (C=O) groups is 2. The van der Waals surface area contributed by atoms with Gasteiger partial charge in [0.1, 0.15) is 6.04 Å². The Hall–Kier alpha value is -2.08. The summed E-state index contributed by atoms with van der Waals surface area (Å²) in [6.45, 7) is 2.16. The fourth-order valence-electron chi connectivity index (χ4n) is 2.26. The van der Waals surface area contributed by atoms with E-state index in [0.717, 1.165) is 5.56 Å². The fourth-order valence-corrected chi connectivity index (χ4v) is 2.26. The maximum atomic E-state index is 12.6. The van der Waals surface area contributed by atoms with Gasteiger partial charge in [0.05, 0.1) is 20.3 Å². The Kier molecular flexibility index (Phi) is 5.57. The molecule has 1 N–H and O–H groups in total. The van der Waals surface area contributed by atoms with E-state index in [1.807, 2.05) is 30.3 Å². The molecule has 6 heteroatoms. The van der Waals surface area contributed by atoms with Crippen LogP contribution in [-0.2, 0) is 20.7 Å². The second-order valence-corrected chi connectivity index (χ2v) is 4.82. The van der Waals surface area contributed by atoms with Gasteiger partial charge < -0.3 is 19.7 Å². The van der Waals surface area contributed by atoms with Gasteiger partial charge in [-0.05, 0) is 5.56 Å². The molecule has 1 fully saturated rings. The molecule has 0 spiro atoms. The molecule has 2 amide bonds. The topological polar surface area (TPSA) is 67.9 Å². The van der Waals surface area contributed by atoms with Crippen LogP contribution in [0.15, 0.2) is 30.3 Å². The molecule has 1 unspecified atom stereocenters. The van der Waals surface area contributed by atoms with Gasteiger partial charge in [-0.1, -0.05) is 30.3 Å². The predicted molar refractivity (Wildman–Crippen MR) is 76.9 cm³/mol. The van der Waals surface area contributed by atoms with Gasteiger partial charge >= 0.3 is 6.09 Å². The molecule has 114 valence electrons. The standard InChI is InChI=1S/C15H20N2O4/c1-20-15(19)16-13(11-12-5-3-2-4-6-12)14(18)17-7-9-21-10-8-17/h2-6,13H,7-11H2,1H3,(H,16,19). The van der Waals surface area contributed by atoms with Gasteiger partial charge in [0.2, 0.25) is 5.91 Å². The third-order valence-electron chi connectivity index (χ3n) is 3.38. The van der Waals surface area contributed by atoms with Crippen LogP contribution in [0, 0.1) is 0 Å². The van der Waals surface area contributed by atoms with Crippen molar-refractivity contribution in [3.05, 3.63) is 35.9 Å². The number of rotatable bonds is 4. The first-order valence-electron chi connectivity index (χ1n) is 6.95. The summed E-state index contributed by atoms with van der Waals surface area (Å²) in [5, 5.41) is 2.62. The second kappa shape index (κ2) is 7.64. The molecule has 1 heterocycles. The molecule has 2 rings (SSSR count). The number of amides is 2. The van der Waals surface area contributed by atoms with Crippen LogP contribution in [-0.4, -0.2) is 56.4 Å². The number of methoxy groups -OCH3 is 1. The number of hydrogen-bond donors (Lipinski definition) is 1. The van der Waals surface area contributed by atoms with Gasteiger partial charge in [-0.15, -0.1) is 0 Å². The highest BCUT2D eigenvalue weighted by Gasteiger charge is 2.27. The minimum Gasteiger partial charge on any atom is -0.453 e. The molecule has 0 aromatic heterocycles. The summed E-state index contributed by atoms with van der Waals surface area (Å²) in [4.78, 5) is 25.7. The smallest absolute Gasteiger partial charge is 0.407 e. The van der Waals surface area contributed by atoms with Crippen molar-refractivity contribution in [3.8, 4) is 0 Å². The van der Waals surface area contributed by atoms with Crippen molar-refractivity contribution < 1.29 is 19.1 Å². The van der Waals surface area contributed by atoms with Crippen LogP contribution >= 0.6 is 0 Å². The first-order chi connectivity index (χ1) is 10.2. The third kappa shape index (κ3) is 4.46. The summed E-state index contributed by atoms with van der Waals surface area (Å²) in [5.74, 6) is -0.104. The zero-order valence-electron chi connectivity index (χ0n) is 12.1. The van der Waals surface area contributed by atoms with Crippen LogP contribution in [0.25, 0.3) is 0 Å². The molecule has 0 bridgehead atoms. The first kappa shape index (κ1) is 15.3. The largest absolute Gasteiger partial charge is 0.453 e. The molecular formula is C15H20N2O4. The zero-order valence-corrected chi connectivity index (χ0v) is 12.1. The number of nitrogens with one attached hydrogen (secondary N) is 1. The van der Waals surface area contributed by atoms with Crippen LogP contribution < -0.4 is 5.32 Å². The average Bonchev–Trinajstić information content (AvgIpc) is 2.55. The Labute approximate surface area is 124 Å². The number of alkyl carbamates (subject to hydrolysis) is 1. The molecule has 0 radical (unpaired) electrons. The van der Waals surface area contributed by atoms with Crippen molar-refractivity contribution in [2.45, 2.75) is 12.5 Å². The lowest BCUT2D eigenvalue weighted by Crippen LogP contribution is -2.52. The van der Waals surface area contributed by atoms with Gasteiger partial charge in [-0.3, -0.25) is 4.79 Å². The Balaban J connectivity index is 2.07. The number of ether oxygens (including phenoxy) is 2. The van der Waals surface area contributed by atoms with E-state index in [9.17, 15) is 9.59 Å². The number of nitrogens with zero attached hydrogens (tertiary/aromatic N) is 1. The van der Waals surface area contributed by atoms with E-state index >= 15 is 0 Å². The molecule has 1 aliphatic heterocycles. The van der Waals surface area contributed by atoms with Gasteiger partial charge in [-0.2, -0.15) is 0 Å². The van der Waals surface area contributed by atoms with Crippen LogP contribution in [0.1, 0.15) is 5.56 Å². The number of carbonyl (C=O) groups excluding carboxylic acids is 2. The quantitative estimate of drug-likeness (QED) is 0.892. The van der Waals surface area contributed by atoms with E-state index in [1.54, 1.807) is 4.90 Å². The summed E-state index contributed by atoms with van der Waals surface area (Å²) in [6, 6.07) is 8.96. The molecule has 1 aromatic carbocycles. The molecule has 1 aliphatic rings. The molecule has 0 aliphatic carbocycles. The SMILES string of the molecule is COC(=O)NC(Cc1ccccc1)C(=O)N1CCOCC1. The minimum absolute atomic E-state index is 0.104. The highest BCUT2D eigenvalue weighted by Crippen LogP contribution is 2.08. The van der Waals surface area contributed by atoms with Gasteiger partial charge in [0, 0.05) is 19.5 Å². The monoisotopic (exact) mass is 292 g/mol. The third-order valence-corrected chi connectivity index (χ3v) is 3.38. The molecule has 1 aromatic rings. The number of morpholine rings is 1. The maximum absolute atomic E-state index is 12.6. The van der Waals surface area contributed by atoms with Gasteiger partial charge in [0.25, 0.3) is 0 Å². The Morgan fingerprint density at radius 3 is 2.57 bits per heavy atom. The van der Waals surface area contributed by atoms with Crippen molar-refractivity contribution in [2.24, 2.45) is 0 Å². The fraction of sp³-hybridized carbons (Fsp3) is 0.467. The summed E-state index contributed by atoms with van der Waals surface area (Å²) < 4.78 is 9.85. The molecule has 6 nitrogen and oxygen atoms in total. The van der Waals surface area contributed by atoms with E-state index in [-0.39, 0.29) is 5.91 Å². The summed E-state index contributed by atoms with van der Waals surface area (Å²) in [5.41, 5.74) is 0.987. The lowest BCUT2D eigenvalue weighted by atomic mass is 10.0. The van der Waals surface area contributed by atoms with E-state index in [4.69, 9.17) is 4.74 Å². The maximum Gasteiger partial charge on any atom is 0.407 e. The number of benzene rings is 1. The Bertz CT molecular complexity index is 472. The molecule has 1 saturated heterocycles. The lowest BCUT2D eigenvalue weighted by molar-refractivity contribution is -0.137. The summed E-state index contributed by atoms with van der Waals surface area (Å²) >= 11 is 0. The van der Waals surface area contributed by atoms with Crippen LogP contribution in [0.3, 0.4) is 0 Å². The average molecular weight is 292 g/mol. The molecule has 21 heavy (non-hydrogen) atoms. The van der Waals surface area contributed by atoms with Crippen molar-refractivity contribution in [3.63, 3.8) is 0 Å². The molecular weight excluding hydrogens is 272 g/mol. The molecule has 0 saturated carbocycles. The van der Waals surface area contributed by atoms with Crippen molar-refractivity contribution in [2.75, 3.05) is 33.4 Å². The van der Waals surface area contributed by atoms with E-state index in [1.165, 1.54) is 7.11 Å². The second-order valence-electron chi connectivity index (χ2n) is 4.82. The van der Waals surface area contributed by atoms with E-state index < -0.39 is 12.1 Å². The lowest BCUT2D eigenvalue weighted by Gasteiger charge is -2.30. The van der Waals surface area contributed by atoms with E-state index in [2.05, 4.69) is 10.1 Å². The summed E-state index contributed by atoms with van der Waals surface area (Å²) in [7, 11) is 1.29. The Morgan fingerprint density at radius 1 is 1.29 bits per heavy atom. The van der Waals surface area contributed by atoms with Crippen LogP contribution in [0.4, 0.5) is 4.79 Å². The normalized spacial score (nSPS) is 16.1. The van der Waals surface area contributed by atoms with E-state index in [0.29, 0.717) is 32.7 Å². The predicted octanol–water partition coefficient (Wildman–Crippen LogP) is 0.812. The van der Waals surface area contributed by atoms with Gasteiger partial charge in [0.15, 0.2) is 0 Å². The van der Waals surface area contributed by atoms with Crippen LogP contribution in [0.2, 0.25) is 0 Å². The van der Waals surface area contributed by atoms with Crippen molar-refractivity contribution in [1.82, 2.24) is 10.2 Å². The Morgan fingerprint density at radius 2 is 1.95 bits per heavy atom. The number of hydrogen-bond acceptors (Lipinski definition) is 4. The molecule has 1 atom stereocenters. The van der Waals surface area contributed by atoms with Crippen molar-refractivity contribution >= 4 is 12.0 Å². The van der Waals surface area contributed by atoms with Crippen LogP contribution in [0.5, 0.6) is 0 Å². The van der Waals surface area contributed by atoms with Crippen molar-refractivity contribution in [1.29, 1.82) is 0 Å². The summed E-state index contributed by atoms with van der Waals surface area (Å²) in [6.07, 6.45) is -0.163. The highest BCUT2D eigenvalue weighted by atomic mass is 16.5. The minimum atomic E-state index is -0.627. The highest BCUT2D eigenvalue weighted by molar-refractivity contribution is 5.86. The van der Waals surface area contributed by atoms with Gasteiger partial charge in [-0.25, -0.2) is 4.79 Å².